The van der Waals surface area contributed by atoms with E-state index in [0.717, 1.165) is 30.7 Å². The highest BCUT2D eigenvalue weighted by Crippen LogP contribution is 2.16. The van der Waals surface area contributed by atoms with Gasteiger partial charge in [-0.2, -0.15) is 0 Å². The lowest BCUT2D eigenvalue weighted by Gasteiger charge is -2.31. The molecule has 102 valence electrons. The molecule has 0 bridgehead atoms. The summed E-state index contributed by atoms with van der Waals surface area (Å²) in [6.45, 7) is 3.21. The minimum Gasteiger partial charge on any atom is -0.337 e. The quantitative estimate of drug-likeness (QED) is 0.779. The molecule has 0 aliphatic carbocycles. The SMILES string of the molecule is CN1CCN(C(=O)/C=C\c2cc(Br)ccc2F)CC1. The molecule has 2 rings (SSSR count). The molecule has 5 heteroatoms. The van der Waals surface area contributed by atoms with Crippen LogP contribution in [-0.2, 0) is 4.79 Å². The highest BCUT2D eigenvalue weighted by molar-refractivity contribution is 9.10. The third kappa shape index (κ3) is 3.88. The molecule has 0 N–H and O–H groups in total. The minimum atomic E-state index is -0.328. The first-order valence-electron chi connectivity index (χ1n) is 6.17. The summed E-state index contributed by atoms with van der Waals surface area (Å²) in [7, 11) is 2.04. The van der Waals surface area contributed by atoms with E-state index < -0.39 is 0 Å². The Morgan fingerprint density at radius 1 is 1.32 bits per heavy atom. The van der Waals surface area contributed by atoms with Gasteiger partial charge in [0.05, 0.1) is 0 Å². The molecule has 1 aromatic rings. The van der Waals surface area contributed by atoms with Crippen LogP contribution in [0.3, 0.4) is 0 Å². The van der Waals surface area contributed by atoms with Crippen LogP contribution in [-0.4, -0.2) is 48.9 Å². The molecule has 0 saturated carbocycles. The van der Waals surface area contributed by atoms with Gasteiger partial charge in [-0.15, -0.1) is 0 Å². The number of nitrogens with zero attached hydrogens (tertiary/aromatic N) is 2. The molecule has 0 spiro atoms. The second-order valence-electron chi connectivity index (χ2n) is 4.63. The van der Waals surface area contributed by atoms with Crippen LogP contribution in [0.1, 0.15) is 5.56 Å². The predicted molar refractivity (Wildman–Crippen MR) is 77.2 cm³/mol. The van der Waals surface area contributed by atoms with Gasteiger partial charge in [-0.25, -0.2) is 4.39 Å². The zero-order chi connectivity index (χ0) is 13.8. The number of likely N-dealkylation sites (N-methyl/N-ethyl adjacent to an activating group) is 1. The lowest BCUT2D eigenvalue weighted by Crippen LogP contribution is -2.46. The Hall–Kier alpha value is -1.20. The van der Waals surface area contributed by atoms with E-state index in [1.807, 2.05) is 7.05 Å². The van der Waals surface area contributed by atoms with Crippen LogP contribution >= 0.6 is 15.9 Å². The highest BCUT2D eigenvalue weighted by Gasteiger charge is 2.16. The molecule has 1 amide bonds. The van der Waals surface area contributed by atoms with Gasteiger partial charge in [0.25, 0.3) is 0 Å². The second kappa shape index (κ2) is 6.30. The molecule has 3 nitrogen and oxygen atoms in total. The Morgan fingerprint density at radius 3 is 2.68 bits per heavy atom. The number of amides is 1. The summed E-state index contributed by atoms with van der Waals surface area (Å²) in [5.74, 6) is -0.391. The van der Waals surface area contributed by atoms with Crippen LogP contribution < -0.4 is 0 Å². The molecule has 1 aliphatic heterocycles. The standard InChI is InChI=1S/C14H16BrFN2O/c1-17-6-8-18(9-7-17)14(19)5-2-11-10-12(15)3-4-13(11)16/h2-5,10H,6-9H2,1H3/b5-2-. The summed E-state index contributed by atoms with van der Waals surface area (Å²) in [5.41, 5.74) is 0.414. The van der Waals surface area contributed by atoms with Gasteiger partial charge in [0.2, 0.25) is 5.91 Å². The molecular weight excluding hydrogens is 311 g/mol. The molecule has 0 atom stereocenters. The van der Waals surface area contributed by atoms with Crippen LogP contribution in [0.4, 0.5) is 4.39 Å². The van der Waals surface area contributed by atoms with E-state index in [1.54, 1.807) is 17.0 Å². The largest absolute Gasteiger partial charge is 0.337 e. The highest BCUT2D eigenvalue weighted by atomic mass is 79.9. The molecule has 1 heterocycles. The summed E-state index contributed by atoms with van der Waals surface area (Å²) < 4.78 is 14.3. The topological polar surface area (TPSA) is 23.6 Å². The van der Waals surface area contributed by atoms with E-state index >= 15 is 0 Å². The molecule has 0 radical (unpaired) electrons. The van der Waals surface area contributed by atoms with E-state index in [1.165, 1.54) is 18.2 Å². The number of rotatable bonds is 2. The fraction of sp³-hybridized carbons (Fsp3) is 0.357. The Bertz CT molecular complexity index is 496. The molecule has 1 aromatic carbocycles. The Labute approximate surface area is 120 Å². The summed E-state index contributed by atoms with van der Waals surface area (Å²) >= 11 is 3.29. The number of piperazine rings is 1. The summed E-state index contributed by atoms with van der Waals surface area (Å²) in [6.07, 6.45) is 2.97. The van der Waals surface area contributed by atoms with Gasteiger partial charge in [-0.05, 0) is 31.3 Å². The number of hydrogen-bond donors (Lipinski definition) is 0. The third-order valence-corrected chi connectivity index (χ3v) is 3.67. The van der Waals surface area contributed by atoms with E-state index in [2.05, 4.69) is 20.8 Å². The first-order valence-corrected chi connectivity index (χ1v) is 6.96. The van der Waals surface area contributed by atoms with Gasteiger partial charge in [0.1, 0.15) is 5.82 Å². The average molecular weight is 327 g/mol. The molecule has 0 aromatic heterocycles. The maximum Gasteiger partial charge on any atom is 0.246 e. The lowest BCUT2D eigenvalue weighted by atomic mass is 10.2. The van der Waals surface area contributed by atoms with Crippen LogP contribution in [0.5, 0.6) is 0 Å². The fourth-order valence-electron chi connectivity index (χ4n) is 1.94. The van der Waals surface area contributed by atoms with Crippen LogP contribution in [0, 0.1) is 5.82 Å². The summed E-state index contributed by atoms with van der Waals surface area (Å²) in [5, 5.41) is 0. The maximum atomic E-state index is 13.5. The lowest BCUT2D eigenvalue weighted by molar-refractivity contribution is -0.127. The van der Waals surface area contributed by atoms with Gasteiger partial charge in [0.15, 0.2) is 0 Å². The van der Waals surface area contributed by atoms with Crippen molar-refractivity contribution in [2.75, 3.05) is 33.2 Å². The van der Waals surface area contributed by atoms with Crippen molar-refractivity contribution in [3.8, 4) is 0 Å². The molecule has 1 aliphatic rings. The van der Waals surface area contributed by atoms with Gasteiger partial charge in [-0.3, -0.25) is 4.79 Å². The van der Waals surface area contributed by atoms with Crippen LogP contribution in [0.2, 0.25) is 0 Å². The van der Waals surface area contributed by atoms with Crippen molar-refractivity contribution in [1.29, 1.82) is 0 Å². The van der Waals surface area contributed by atoms with Crippen molar-refractivity contribution in [2.24, 2.45) is 0 Å². The Morgan fingerprint density at radius 2 is 2.00 bits per heavy atom. The van der Waals surface area contributed by atoms with Crippen LogP contribution in [0.15, 0.2) is 28.7 Å². The van der Waals surface area contributed by atoms with Crippen molar-refractivity contribution in [1.82, 2.24) is 9.80 Å². The third-order valence-electron chi connectivity index (χ3n) is 3.18. The van der Waals surface area contributed by atoms with Gasteiger partial charge >= 0.3 is 0 Å². The zero-order valence-electron chi connectivity index (χ0n) is 10.8. The van der Waals surface area contributed by atoms with E-state index in [9.17, 15) is 9.18 Å². The zero-order valence-corrected chi connectivity index (χ0v) is 12.4. The molecular formula is C14H16BrFN2O. The Balaban J connectivity index is 2.02. The molecule has 1 saturated heterocycles. The van der Waals surface area contributed by atoms with Gasteiger partial charge < -0.3 is 9.80 Å². The predicted octanol–water partition coefficient (Wildman–Crippen LogP) is 2.38. The van der Waals surface area contributed by atoms with E-state index in [4.69, 9.17) is 0 Å². The smallest absolute Gasteiger partial charge is 0.246 e. The van der Waals surface area contributed by atoms with Crippen molar-refractivity contribution in [3.05, 3.63) is 40.1 Å². The first kappa shape index (κ1) is 14.2. The van der Waals surface area contributed by atoms with Gasteiger partial charge in [-0.1, -0.05) is 15.9 Å². The minimum absolute atomic E-state index is 0.0625. The Kier molecular flexibility index (Phi) is 4.71. The van der Waals surface area contributed by atoms with E-state index in [0.29, 0.717) is 5.56 Å². The van der Waals surface area contributed by atoms with Crippen molar-refractivity contribution < 1.29 is 9.18 Å². The summed E-state index contributed by atoms with van der Waals surface area (Å²) in [4.78, 5) is 15.9. The van der Waals surface area contributed by atoms with Crippen molar-refractivity contribution in [2.45, 2.75) is 0 Å². The number of hydrogen-bond acceptors (Lipinski definition) is 2. The van der Waals surface area contributed by atoms with Crippen LogP contribution in [0.25, 0.3) is 6.08 Å². The fourth-order valence-corrected chi connectivity index (χ4v) is 2.31. The first-order chi connectivity index (χ1) is 9.06. The number of benzene rings is 1. The molecule has 1 fully saturated rings. The normalized spacial score (nSPS) is 17.1. The monoisotopic (exact) mass is 326 g/mol. The number of halogens is 2. The van der Waals surface area contributed by atoms with Crippen molar-refractivity contribution >= 4 is 27.9 Å². The van der Waals surface area contributed by atoms with E-state index in [-0.39, 0.29) is 11.7 Å². The average Bonchev–Trinajstić information content (AvgIpc) is 2.40. The second-order valence-corrected chi connectivity index (χ2v) is 5.54. The molecule has 0 unspecified atom stereocenters. The molecule has 19 heavy (non-hydrogen) atoms. The summed E-state index contributed by atoms with van der Waals surface area (Å²) in [6, 6.07) is 4.67. The number of carbonyl (C=O) groups is 1. The van der Waals surface area contributed by atoms with Gasteiger partial charge in [0, 0.05) is 42.3 Å². The number of carbonyl (C=O) groups excluding carboxylic acids is 1. The maximum absolute atomic E-state index is 13.5. The van der Waals surface area contributed by atoms with Crippen molar-refractivity contribution in [3.63, 3.8) is 0 Å².